The van der Waals surface area contributed by atoms with Crippen LogP contribution in [0.25, 0.3) is 6.08 Å². The van der Waals surface area contributed by atoms with E-state index >= 15 is 0 Å². The Morgan fingerprint density at radius 1 is 1.00 bits per heavy atom. The quantitative estimate of drug-likeness (QED) is 0.319. The average molecular weight is 458 g/mol. The molecule has 0 aliphatic rings. The van der Waals surface area contributed by atoms with Gasteiger partial charge in [0, 0.05) is 6.08 Å². The Kier molecular flexibility index (Phi) is 9.49. The van der Waals surface area contributed by atoms with Crippen molar-refractivity contribution in [2.24, 2.45) is 0 Å². The van der Waals surface area contributed by atoms with E-state index in [1.807, 2.05) is 24.3 Å². The molecule has 2 rings (SSSR count). The number of hydrogen-bond donors (Lipinski definition) is 3. The third-order valence-corrected chi connectivity index (χ3v) is 4.51. The Morgan fingerprint density at radius 2 is 1.69 bits per heavy atom. The minimum atomic E-state index is -0.465. The van der Waals surface area contributed by atoms with Crippen LogP contribution in [0.5, 0.6) is 17.2 Å². The van der Waals surface area contributed by atoms with Crippen LogP contribution in [0.1, 0.15) is 30.9 Å². The molecule has 0 aliphatic carbocycles. The van der Waals surface area contributed by atoms with Crippen LogP contribution >= 0.6 is 12.2 Å². The molecule has 0 aromatic heterocycles. The van der Waals surface area contributed by atoms with Gasteiger partial charge in [0.1, 0.15) is 5.75 Å². The predicted octanol–water partition coefficient (Wildman–Crippen LogP) is 2.94. The number of carbonyl (C=O) groups is 2. The summed E-state index contributed by atoms with van der Waals surface area (Å²) in [7, 11) is 3.08. The third-order valence-electron chi connectivity index (χ3n) is 4.30. The molecule has 8 nitrogen and oxygen atoms in total. The molecule has 0 fully saturated rings. The fraction of sp³-hybridized carbons (Fsp3) is 0.261. The van der Waals surface area contributed by atoms with Gasteiger partial charge in [0.15, 0.2) is 23.2 Å². The number of hydrazine groups is 1. The summed E-state index contributed by atoms with van der Waals surface area (Å²) in [4.78, 5) is 23.9. The zero-order valence-corrected chi connectivity index (χ0v) is 19.2. The first-order chi connectivity index (χ1) is 15.3. The number of ether oxygens (including phenoxy) is 3. The van der Waals surface area contributed by atoms with Crippen LogP contribution in [0, 0.1) is 0 Å². The van der Waals surface area contributed by atoms with Gasteiger partial charge in [-0.25, -0.2) is 0 Å². The van der Waals surface area contributed by atoms with Crippen molar-refractivity contribution < 1.29 is 23.8 Å². The van der Waals surface area contributed by atoms with Gasteiger partial charge in [-0.1, -0.05) is 32.0 Å². The molecule has 0 heterocycles. The number of methoxy groups -OCH3 is 2. The fourth-order valence-corrected chi connectivity index (χ4v) is 2.73. The summed E-state index contributed by atoms with van der Waals surface area (Å²) in [5, 5.41) is 2.38. The highest BCUT2D eigenvalue weighted by atomic mass is 32.1. The molecule has 0 radical (unpaired) electrons. The molecule has 170 valence electrons. The molecule has 2 aromatic carbocycles. The van der Waals surface area contributed by atoms with E-state index in [1.54, 1.807) is 31.4 Å². The van der Waals surface area contributed by atoms with Crippen molar-refractivity contribution in [3.05, 3.63) is 59.7 Å². The molecule has 3 N–H and O–H groups in total. The first kappa shape index (κ1) is 24.7. The van der Waals surface area contributed by atoms with Gasteiger partial charge in [0.25, 0.3) is 5.91 Å². The van der Waals surface area contributed by atoms with Crippen molar-refractivity contribution in [2.45, 2.75) is 19.8 Å². The van der Waals surface area contributed by atoms with Gasteiger partial charge < -0.3 is 14.2 Å². The highest BCUT2D eigenvalue weighted by Gasteiger charge is 2.07. The van der Waals surface area contributed by atoms with Gasteiger partial charge in [0.2, 0.25) is 5.91 Å². The summed E-state index contributed by atoms with van der Waals surface area (Å²) in [6.45, 7) is 4.00. The average Bonchev–Trinajstić information content (AvgIpc) is 2.80. The van der Waals surface area contributed by atoms with Gasteiger partial charge in [-0.2, -0.15) is 0 Å². The molecule has 0 saturated heterocycles. The number of hydrogen-bond acceptors (Lipinski definition) is 6. The van der Waals surface area contributed by atoms with Gasteiger partial charge >= 0.3 is 0 Å². The van der Waals surface area contributed by atoms with Crippen LogP contribution < -0.4 is 30.4 Å². The molecule has 2 amide bonds. The van der Waals surface area contributed by atoms with Crippen LogP contribution in [-0.4, -0.2) is 37.8 Å². The SMILES string of the molecule is COc1ccc(/C=C/C(=O)NC(=S)NNC(=O)COc2ccc(C(C)C)cc2)cc1OC. The van der Waals surface area contributed by atoms with Crippen molar-refractivity contribution in [3.8, 4) is 17.2 Å². The Bertz CT molecular complexity index is 974. The zero-order valence-electron chi connectivity index (χ0n) is 18.4. The number of thiocarbonyl (C=S) groups is 1. The first-order valence-corrected chi connectivity index (χ1v) is 10.3. The van der Waals surface area contributed by atoms with Crippen molar-refractivity contribution in [1.29, 1.82) is 0 Å². The highest BCUT2D eigenvalue weighted by molar-refractivity contribution is 7.80. The summed E-state index contributed by atoms with van der Waals surface area (Å²) < 4.78 is 15.8. The molecule has 0 saturated carbocycles. The second kappa shape index (κ2) is 12.3. The van der Waals surface area contributed by atoms with Gasteiger partial charge in [-0.15, -0.1) is 0 Å². The molecule has 0 aliphatic heterocycles. The first-order valence-electron chi connectivity index (χ1n) is 9.85. The van der Waals surface area contributed by atoms with Gasteiger partial charge in [-0.05, 0) is 59.6 Å². The molecule has 32 heavy (non-hydrogen) atoms. The topological polar surface area (TPSA) is 97.9 Å². The van der Waals surface area contributed by atoms with E-state index < -0.39 is 11.8 Å². The zero-order chi connectivity index (χ0) is 23.5. The Morgan fingerprint density at radius 3 is 2.31 bits per heavy atom. The van der Waals surface area contributed by atoms with E-state index in [0.717, 1.165) is 5.56 Å². The monoisotopic (exact) mass is 457 g/mol. The maximum Gasteiger partial charge on any atom is 0.276 e. The smallest absolute Gasteiger partial charge is 0.276 e. The van der Waals surface area contributed by atoms with E-state index in [9.17, 15) is 9.59 Å². The Balaban J connectivity index is 1.74. The molecular formula is C23H27N3O5S. The highest BCUT2D eigenvalue weighted by Crippen LogP contribution is 2.27. The van der Waals surface area contributed by atoms with E-state index in [-0.39, 0.29) is 11.7 Å². The van der Waals surface area contributed by atoms with E-state index in [0.29, 0.717) is 23.2 Å². The van der Waals surface area contributed by atoms with Crippen molar-refractivity contribution in [3.63, 3.8) is 0 Å². The fourth-order valence-electron chi connectivity index (χ4n) is 2.57. The van der Waals surface area contributed by atoms with Crippen LogP contribution in [0.3, 0.4) is 0 Å². The standard InChI is InChI=1S/C23H27N3O5S/c1-15(2)17-7-9-18(10-8-17)31-14-22(28)25-26-23(32)24-21(27)12-6-16-5-11-19(29-3)20(13-16)30-4/h5-13,15H,14H2,1-4H3,(H,25,28)(H2,24,26,27,32)/b12-6+. The van der Waals surface area contributed by atoms with E-state index in [4.69, 9.17) is 26.4 Å². The minimum Gasteiger partial charge on any atom is -0.493 e. The second-order valence-electron chi connectivity index (χ2n) is 6.95. The number of amides is 2. The molecule has 0 spiro atoms. The van der Waals surface area contributed by atoms with Gasteiger partial charge in [-0.3, -0.25) is 25.8 Å². The van der Waals surface area contributed by atoms with Gasteiger partial charge in [0.05, 0.1) is 14.2 Å². The summed E-state index contributed by atoms with van der Waals surface area (Å²) in [6.07, 6.45) is 2.90. The number of nitrogens with one attached hydrogen (secondary N) is 3. The van der Waals surface area contributed by atoms with Crippen molar-refractivity contribution >= 4 is 35.2 Å². The summed E-state index contributed by atoms with van der Waals surface area (Å²) in [6, 6.07) is 12.8. The third kappa shape index (κ3) is 7.92. The summed E-state index contributed by atoms with van der Waals surface area (Å²) >= 11 is 5.00. The van der Waals surface area contributed by atoms with Crippen LogP contribution in [-0.2, 0) is 9.59 Å². The lowest BCUT2D eigenvalue weighted by Crippen LogP contribution is -2.49. The lowest BCUT2D eigenvalue weighted by Gasteiger charge is -2.11. The normalized spacial score (nSPS) is 10.5. The lowest BCUT2D eigenvalue weighted by molar-refractivity contribution is -0.123. The van der Waals surface area contributed by atoms with Crippen LogP contribution in [0.2, 0.25) is 0 Å². The maximum atomic E-state index is 12.0. The predicted molar refractivity (Wildman–Crippen MR) is 127 cm³/mol. The second-order valence-corrected chi connectivity index (χ2v) is 7.36. The minimum absolute atomic E-state index is 0.0541. The molecule has 2 aromatic rings. The van der Waals surface area contributed by atoms with Crippen LogP contribution in [0.4, 0.5) is 0 Å². The molecule has 0 bridgehead atoms. The molecule has 9 heteroatoms. The van der Waals surface area contributed by atoms with E-state index in [2.05, 4.69) is 30.0 Å². The molecule has 0 unspecified atom stereocenters. The lowest BCUT2D eigenvalue weighted by atomic mass is 10.0. The number of benzene rings is 2. The Labute approximate surface area is 192 Å². The Hall–Kier alpha value is -3.59. The number of carbonyl (C=O) groups excluding carboxylic acids is 2. The van der Waals surface area contributed by atoms with Crippen LogP contribution in [0.15, 0.2) is 48.5 Å². The van der Waals surface area contributed by atoms with E-state index in [1.165, 1.54) is 18.7 Å². The maximum absolute atomic E-state index is 12.0. The number of rotatable bonds is 8. The molecular weight excluding hydrogens is 430 g/mol. The van der Waals surface area contributed by atoms with Crippen molar-refractivity contribution in [1.82, 2.24) is 16.2 Å². The molecule has 0 atom stereocenters. The van der Waals surface area contributed by atoms with Crippen molar-refractivity contribution in [2.75, 3.05) is 20.8 Å². The summed E-state index contributed by atoms with van der Waals surface area (Å²) in [5.41, 5.74) is 6.74. The largest absolute Gasteiger partial charge is 0.493 e. The summed E-state index contributed by atoms with van der Waals surface area (Å²) in [5.74, 6) is 1.23.